The number of aryl methyl sites for hydroxylation is 1. The number of aromatic nitrogens is 2. The molecule has 0 N–H and O–H groups in total. The van der Waals surface area contributed by atoms with Crippen LogP contribution in [0.5, 0.6) is 0 Å². The van der Waals surface area contributed by atoms with Gasteiger partial charge in [-0.1, -0.05) is 0 Å². The molecule has 0 spiro atoms. The van der Waals surface area contributed by atoms with Crippen LogP contribution in [0.1, 0.15) is 27.8 Å². The van der Waals surface area contributed by atoms with Gasteiger partial charge in [0.2, 0.25) is 0 Å². The number of rotatable bonds is 4. The fourth-order valence-electron chi connectivity index (χ4n) is 2.13. The fourth-order valence-corrected chi connectivity index (χ4v) is 2.13. The second kappa shape index (κ2) is 7.12. The standard InChI is InChI=1S/C16H15F2N3O3/c1-9-7-20-13(8-19-9)15(22)21(2)14(16(23)24-3)11-6-10(17)4-5-12(11)18/h4-8,14H,1-3H3/t14-/m1/s1. The van der Waals surface area contributed by atoms with Gasteiger partial charge in [-0.15, -0.1) is 0 Å². The molecule has 1 aromatic heterocycles. The van der Waals surface area contributed by atoms with E-state index >= 15 is 0 Å². The van der Waals surface area contributed by atoms with Gasteiger partial charge in [-0.3, -0.25) is 9.78 Å². The number of methoxy groups -OCH3 is 1. The van der Waals surface area contributed by atoms with Gasteiger partial charge in [0, 0.05) is 18.8 Å². The first-order valence-corrected chi connectivity index (χ1v) is 6.93. The second-order valence-electron chi connectivity index (χ2n) is 5.05. The Labute approximate surface area is 137 Å². The van der Waals surface area contributed by atoms with E-state index in [0.717, 1.165) is 30.2 Å². The van der Waals surface area contributed by atoms with Gasteiger partial charge in [-0.05, 0) is 25.1 Å². The summed E-state index contributed by atoms with van der Waals surface area (Å²) in [5.41, 5.74) is 0.265. The minimum absolute atomic E-state index is 0.0335. The van der Waals surface area contributed by atoms with Crippen molar-refractivity contribution in [3.8, 4) is 0 Å². The van der Waals surface area contributed by atoms with Crippen LogP contribution in [0.2, 0.25) is 0 Å². The molecule has 1 amide bonds. The third kappa shape index (κ3) is 3.53. The molecule has 0 saturated heterocycles. The van der Waals surface area contributed by atoms with E-state index in [4.69, 9.17) is 0 Å². The first-order chi connectivity index (χ1) is 11.3. The summed E-state index contributed by atoms with van der Waals surface area (Å²) in [6.07, 6.45) is 2.63. The predicted octanol–water partition coefficient (Wildman–Crippen LogP) is 2.05. The zero-order chi connectivity index (χ0) is 17.9. The first-order valence-electron chi connectivity index (χ1n) is 6.93. The third-order valence-electron chi connectivity index (χ3n) is 3.38. The quantitative estimate of drug-likeness (QED) is 0.800. The first kappa shape index (κ1) is 17.5. The number of ether oxygens (including phenoxy) is 1. The van der Waals surface area contributed by atoms with Gasteiger partial charge in [0.1, 0.15) is 17.3 Å². The molecule has 1 heterocycles. The molecular formula is C16H15F2N3O3. The number of carbonyl (C=O) groups excluding carboxylic acids is 2. The lowest BCUT2D eigenvalue weighted by Crippen LogP contribution is -2.37. The molecule has 24 heavy (non-hydrogen) atoms. The Hall–Kier alpha value is -2.90. The molecule has 1 atom stereocenters. The largest absolute Gasteiger partial charge is 0.467 e. The van der Waals surface area contributed by atoms with Crippen molar-refractivity contribution < 1.29 is 23.1 Å². The minimum atomic E-state index is -1.46. The van der Waals surface area contributed by atoms with Crippen molar-refractivity contribution in [3.63, 3.8) is 0 Å². The highest BCUT2D eigenvalue weighted by Gasteiger charge is 2.33. The normalized spacial score (nSPS) is 11.7. The summed E-state index contributed by atoms with van der Waals surface area (Å²) in [6, 6.07) is 1.19. The number of amides is 1. The van der Waals surface area contributed by atoms with E-state index in [1.165, 1.54) is 19.4 Å². The summed E-state index contributed by atoms with van der Waals surface area (Å²) in [6.45, 7) is 1.70. The molecule has 2 rings (SSSR count). The van der Waals surface area contributed by atoms with E-state index < -0.39 is 29.6 Å². The van der Waals surface area contributed by atoms with Crippen LogP contribution in [0.15, 0.2) is 30.6 Å². The van der Waals surface area contributed by atoms with Crippen LogP contribution in [0.3, 0.4) is 0 Å². The monoisotopic (exact) mass is 335 g/mol. The Morgan fingerprint density at radius 2 is 1.92 bits per heavy atom. The number of hydrogen-bond acceptors (Lipinski definition) is 5. The van der Waals surface area contributed by atoms with Gasteiger partial charge in [-0.25, -0.2) is 18.6 Å². The predicted molar refractivity (Wildman–Crippen MR) is 80.0 cm³/mol. The van der Waals surface area contributed by atoms with Crippen LogP contribution in [0.25, 0.3) is 0 Å². The topological polar surface area (TPSA) is 72.4 Å². The van der Waals surface area contributed by atoms with Gasteiger partial charge < -0.3 is 9.64 Å². The summed E-state index contributed by atoms with van der Waals surface area (Å²) < 4.78 is 32.1. The van der Waals surface area contributed by atoms with Crippen LogP contribution in [0.4, 0.5) is 8.78 Å². The minimum Gasteiger partial charge on any atom is -0.467 e. The Bertz CT molecular complexity index is 766. The molecule has 0 unspecified atom stereocenters. The molecule has 0 saturated carbocycles. The average molecular weight is 335 g/mol. The van der Waals surface area contributed by atoms with Crippen LogP contribution < -0.4 is 0 Å². The molecule has 0 aliphatic carbocycles. The Morgan fingerprint density at radius 3 is 2.50 bits per heavy atom. The molecule has 126 valence electrons. The molecule has 8 heteroatoms. The van der Waals surface area contributed by atoms with Crippen molar-refractivity contribution in [2.24, 2.45) is 0 Å². The van der Waals surface area contributed by atoms with Crippen LogP contribution in [-0.2, 0) is 9.53 Å². The number of carbonyl (C=O) groups is 2. The highest BCUT2D eigenvalue weighted by atomic mass is 19.1. The van der Waals surface area contributed by atoms with Crippen molar-refractivity contribution >= 4 is 11.9 Å². The van der Waals surface area contributed by atoms with E-state index in [-0.39, 0.29) is 11.3 Å². The summed E-state index contributed by atoms with van der Waals surface area (Å²) in [4.78, 5) is 33.4. The molecule has 0 aliphatic rings. The summed E-state index contributed by atoms with van der Waals surface area (Å²) in [5.74, 6) is -3.16. The van der Waals surface area contributed by atoms with Crippen molar-refractivity contribution in [2.45, 2.75) is 13.0 Å². The third-order valence-corrected chi connectivity index (χ3v) is 3.38. The number of nitrogens with zero attached hydrogens (tertiary/aromatic N) is 3. The lowest BCUT2D eigenvalue weighted by Gasteiger charge is -2.26. The SMILES string of the molecule is COC(=O)[C@@H](c1cc(F)ccc1F)N(C)C(=O)c1cnc(C)cn1. The molecular weight excluding hydrogens is 320 g/mol. The van der Waals surface area contributed by atoms with Gasteiger partial charge in [-0.2, -0.15) is 0 Å². The number of esters is 1. The maximum Gasteiger partial charge on any atom is 0.333 e. The number of halogens is 2. The lowest BCUT2D eigenvalue weighted by atomic mass is 10.0. The maximum atomic E-state index is 14.1. The smallest absolute Gasteiger partial charge is 0.333 e. The van der Waals surface area contributed by atoms with E-state index in [9.17, 15) is 18.4 Å². The summed E-state index contributed by atoms with van der Waals surface area (Å²) in [7, 11) is 2.37. The Kier molecular flexibility index (Phi) is 5.18. The number of benzene rings is 1. The Balaban J connectivity index is 2.44. The van der Waals surface area contributed by atoms with Gasteiger partial charge in [0.25, 0.3) is 5.91 Å². The number of likely N-dealkylation sites (N-methyl/N-ethyl adjacent to an activating group) is 1. The zero-order valence-electron chi connectivity index (χ0n) is 13.3. The van der Waals surface area contributed by atoms with Crippen molar-refractivity contribution in [1.82, 2.24) is 14.9 Å². The fraction of sp³-hybridized carbons (Fsp3) is 0.250. The van der Waals surface area contributed by atoms with E-state index in [0.29, 0.717) is 5.69 Å². The van der Waals surface area contributed by atoms with Crippen molar-refractivity contribution in [1.29, 1.82) is 0 Å². The zero-order valence-corrected chi connectivity index (χ0v) is 13.3. The van der Waals surface area contributed by atoms with Crippen LogP contribution in [0, 0.1) is 18.6 Å². The lowest BCUT2D eigenvalue weighted by molar-refractivity contribution is -0.146. The molecule has 0 radical (unpaired) electrons. The van der Waals surface area contributed by atoms with Crippen LogP contribution >= 0.6 is 0 Å². The highest BCUT2D eigenvalue weighted by Crippen LogP contribution is 2.25. The van der Waals surface area contributed by atoms with E-state index in [1.807, 2.05) is 0 Å². The number of hydrogen-bond donors (Lipinski definition) is 0. The van der Waals surface area contributed by atoms with Crippen molar-refractivity contribution in [3.05, 3.63) is 59.2 Å². The Morgan fingerprint density at radius 1 is 1.21 bits per heavy atom. The molecule has 0 aliphatic heterocycles. The molecule has 1 aromatic carbocycles. The highest BCUT2D eigenvalue weighted by molar-refractivity contribution is 5.95. The van der Waals surface area contributed by atoms with Gasteiger partial charge in [0.15, 0.2) is 6.04 Å². The molecule has 0 fully saturated rings. The summed E-state index contributed by atoms with van der Waals surface area (Å²) in [5, 5.41) is 0. The molecule has 2 aromatic rings. The van der Waals surface area contributed by atoms with E-state index in [2.05, 4.69) is 14.7 Å². The average Bonchev–Trinajstić information content (AvgIpc) is 2.57. The molecule has 0 bridgehead atoms. The van der Waals surface area contributed by atoms with Gasteiger partial charge >= 0.3 is 5.97 Å². The molecule has 6 nitrogen and oxygen atoms in total. The van der Waals surface area contributed by atoms with Crippen LogP contribution in [-0.4, -0.2) is 40.9 Å². The van der Waals surface area contributed by atoms with E-state index in [1.54, 1.807) is 6.92 Å². The van der Waals surface area contributed by atoms with Gasteiger partial charge in [0.05, 0.1) is 19.0 Å². The maximum absolute atomic E-state index is 14.1. The van der Waals surface area contributed by atoms with Crippen molar-refractivity contribution in [2.75, 3.05) is 14.2 Å². The second-order valence-corrected chi connectivity index (χ2v) is 5.05. The summed E-state index contributed by atoms with van der Waals surface area (Å²) >= 11 is 0.